The van der Waals surface area contributed by atoms with Gasteiger partial charge < -0.3 is 30.5 Å². The average Bonchev–Trinajstić information content (AvgIpc) is 3.47. The Balaban J connectivity index is 1.70. The molecule has 39 heavy (non-hydrogen) atoms. The van der Waals surface area contributed by atoms with Crippen molar-refractivity contribution in [3.8, 4) is 23.4 Å². The first-order valence-electron chi connectivity index (χ1n) is 11.5. The van der Waals surface area contributed by atoms with Gasteiger partial charge in [-0.05, 0) is 36.8 Å². The van der Waals surface area contributed by atoms with Crippen LogP contribution in [0, 0.1) is 17.1 Å². The van der Waals surface area contributed by atoms with Crippen molar-refractivity contribution >= 4 is 23.4 Å². The maximum absolute atomic E-state index is 15.1. The summed E-state index contributed by atoms with van der Waals surface area (Å²) in [6, 6.07) is 10.1. The van der Waals surface area contributed by atoms with Crippen LogP contribution in [0.15, 0.2) is 55.0 Å². The van der Waals surface area contributed by atoms with Crippen LogP contribution in [0.4, 0.5) is 26.5 Å². The number of benzene rings is 1. The monoisotopic (exact) mass is 533 g/mol. The molecule has 1 amide bonds. The third kappa shape index (κ3) is 6.10. The van der Waals surface area contributed by atoms with E-state index in [2.05, 4.69) is 36.2 Å². The minimum Gasteiger partial charge on any atom is -0.497 e. The molecule has 4 rings (SSSR count). The number of pyridine rings is 2. The molecule has 4 aromatic rings. The number of methoxy groups -OCH3 is 2. The number of aromatic nitrogens is 5. The largest absolute Gasteiger partial charge is 0.497 e. The zero-order chi connectivity index (χ0) is 27.9. The fourth-order valence-electron chi connectivity index (χ4n) is 3.81. The number of hydrogen-bond acceptors (Lipinski definition) is 10. The van der Waals surface area contributed by atoms with Crippen LogP contribution in [0.2, 0.25) is 0 Å². The Morgan fingerprint density at radius 3 is 2.56 bits per heavy atom. The van der Waals surface area contributed by atoms with E-state index in [-0.39, 0.29) is 23.1 Å². The van der Waals surface area contributed by atoms with Crippen LogP contribution in [0.1, 0.15) is 24.1 Å². The van der Waals surface area contributed by atoms with Gasteiger partial charge in [0.25, 0.3) is 0 Å². The molecule has 0 saturated heterocycles. The molecule has 3 heterocycles. The maximum atomic E-state index is 15.1. The normalized spacial score (nSPS) is 12.1. The molecular weight excluding hydrogens is 509 g/mol. The van der Waals surface area contributed by atoms with Crippen LogP contribution >= 0.6 is 0 Å². The molecule has 0 spiro atoms. The van der Waals surface area contributed by atoms with Gasteiger partial charge in [0, 0.05) is 0 Å². The number of nitrogens with zero attached hydrogens (tertiary/aromatic N) is 6. The summed E-state index contributed by atoms with van der Waals surface area (Å²) < 4.78 is 27.1. The zero-order valence-electron chi connectivity index (χ0n) is 21.1. The van der Waals surface area contributed by atoms with E-state index in [0.29, 0.717) is 22.7 Å². The average molecular weight is 534 g/mol. The SMILES string of the molecule is COc1ccc([C@H](Nc2nc(Nc3cnc(OC)c(-n4ccnn4)c3)c(C#N)cc2F)[C@H](C)NC(=O)O)cc1. The molecule has 0 fully saturated rings. The van der Waals surface area contributed by atoms with Crippen molar-refractivity contribution in [3.05, 3.63) is 71.9 Å². The summed E-state index contributed by atoms with van der Waals surface area (Å²) in [5, 5.41) is 35.0. The Hall–Kier alpha value is -5.45. The van der Waals surface area contributed by atoms with Gasteiger partial charge in [0.15, 0.2) is 17.5 Å². The first kappa shape index (κ1) is 26.6. The van der Waals surface area contributed by atoms with Crippen molar-refractivity contribution in [1.29, 1.82) is 5.26 Å². The van der Waals surface area contributed by atoms with Crippen LogP contribution in [0.25, 0.3) is 5.69 Å². The van der Waals surface area contributed by atoms with E-state index < -0.39 is 24.0 Å². The molecule has 0 aliphatic heterocycles. The van der Waals surface area contributed by atoms with E-state index in [1.807, 2.05) is 6.07 Å². The summed E-state index contributed by atoms with van der Waals surface area (Å²) in [6.45, 7) is 1.63. The van der Waals surface area contributed by atoms with Crippen molar-refractivity contribution in [1.82, 2.24) is 30.3 Å². The molecule has 200 valence electrons. The number of halogens is 1. The molecule has 0 aliphatic carbocycles. The lowest BCUT2D eigenvalue weighted by Crippen LogP contribution is -2.39. The first-order valence-corrected chi connectivity index (χ1v) is 11.5. The lowest BCUT2D eigenvalue weighted by molar-refractivity contribution is 0.189. The van der Waals surface area contributed by atoms with E-state index in [0.717, 1.165) is 6.07 Å². The number of hydrogen-bond donors (Lipinski definition) is 4. The van der Waals surface area contributed by atoms with Crippen LogP contribution in [-0.4, -0.2) is 56.4 Å². The highest BCUT2D eigenvalue weighted by molar-refractivity contribution is 5.67. The second-order valence-corrected chi connectivity index (χ2v) is 8.19. The van der Waals surface area contributed by atoms with E-state index in [4.69, 9.17) is 9.47 Å². The highest BCUT2D eigenvalue weighted by atomic mass is 19.1. The topological polar surface area (TPSA) is 172 Å². The number of nitrogens with one attached hydrogen (secondary N) is 3. The van der Waals surface area contributed by atoms with Gasteiger partial charge in [-0.3, -0.25) is 0 Å². The van der Waals surface area contributed by atoms with Gasteiger partial charge >= 0.3 is 6.09 Å². The minimum atomic E-state index is -1.24. The van der Waals surface area contributed by atoms with E-state index in [1.165, 1.54) is 31.3 Å². The Bertz CT molecular complexity index is 1490. The van der Waals surface area contributed by atoms with E-state index in [9.17, 15) is 15.2 Å². The fraction of sp³-hybridized carbons (Fsp3) is 0.200. The van der Waals surface area contributed by atoms with Gasteiger partial charge in [-0.25, -0.2) is 23.8 Å². The molecule has 13 nitrogen and oxygen atoms in total. The summed E-state index contributed by atoms with van der Waals surface area (Å²) in [5.74, 6) is -0.0686. The number of anilines is 3. The van der Waals surface area contributed by atoms with Crippen molar-refractivity contribution in [2.75, 3.05) is 24.9 Å². The Kier molecular flexibility index (Phi) is 8.00. The zero-order valence-corrected chi connectivity index (χ0v) is 21.1. The third-order valence-corrected chi connectivity index (χ3v) is 5.67. The first-order chi connectivity index (χ1) is 18.8. The van der Waals surface area contributed by atoms with Crippen molar-refractivity contribution in [2.45, 2.75) is 19.0 Å². The van der Waals surface area contributed by atoms with Gasteiger partial charge in [-0.2, -0.15) is 5.26 Å². The van der Waals surface area contributed by atoms with Crippen molar-refractivity contribution in [2.24, 2.45) is 0 Å². The summed E-state index contributed by atoms with van der Waals surface area (Å²) in [4.78, 5) is 19.9. The Labute approximate surface area is 222 Å². The van der Waals surface area contributed by atoms with E-state index in [1.54, 1.807) is 43.5 Å². The summed E-state index contributed by atoms with van der Waals surface area (Å²) in [7, 11) is 2.99. The van der Waals surface area contributed by atoms with Gasteiger partial charge in [-0.1, -0.05) is 17.3 Å². The molecular formula is C25H24FN9O4. The molecule has 3 aromatic heterocycles. The van der Waals surface area contributed by atoms with Gasteiger partial charge in [0.05, 0.1) is 56.1 Å². The number of nitriles is 1. The Morgan fingerprint density at radius 2 is 1.95 bits per heavy atom. The minimum absolute atomic E-state index is 0.0465. The fourth-order valence-corrected chi connectivity index (χ4v) is 3.81. The van der Waals surface area contributed by atoms with E-state index >= 15 is 4.39 Å². The quantitative estimate of drug-likeness (QED) is 0.234. The molecule has 1 aromatic carbocycles. The number of rotatable bonds is 10. The molecule has 0 unspecified atom stereocenters. The molecule has 0 saturated carbocycles. The number of carbonyl (C=O) groups is 1. The second-order valence-electron chi connectivity index (χ2n) is 8.19. The highest BCUT2D eigenvalue weighted by Crippen LogP contribution is 2.30. The molecule has 0 bridgehead atoms. The second kappa shape index (κ2) is 11.7. The lowest BCUT2D eigenvalue weighted by Gasteiger charge is -2.26. The smallest absolute Gasteiger partial charge is 0.404 e. The molecule has 4 N–H and O–H groups in total. The van der Waals surface area contributed by atoms with Gasteiger partial charge in [0.1, 0.15) is 17.5 Å². The number of carboxylic acid groups (broad SMARTS) is 1. The van der Waals surface area contributed by atoms with Crippen LogP contribution in [0.3, 0.4) is 0 Å². The summed E-state index contributed by atoms with van der Waals surface area (Å²) in [5.41, 5.74) is 1.46. The molecule has 0 radical (unpaired) electrons. The Morgan fingerprint density at radius 1 is 1.18 bits per heavy atom. The van der Waals surface area contributed by atoms with Crippen molar-refractivity contribution < 1.29 is 23.8 Å². The molecule has 14 heteroatoms. The number of amides is 1. The maximum Gasteiger partial charge on any atom is 0.404 e. The predicted octanol–water partition coefficient (Wildman–Crippen LogP) is 3.64. The van der Waals surface area contributed by atoms with Gasteiger partial charge in [-0.15, -0.1) is 5.10 Å². The molecule has 0 aliphatic rings. The van der Waals surface area contributed by atoms with Gasteiger partial charge in [0.2, 0.25) is 5.88 Å². The third-order valence-electron chi connectivity index (χ3n) is 5.67. The summed E-state index contributed by atoms with van der Waals surface area (Å²) >= 11 is 0. The van der Waals surface area contributed by atoms with Crippen LogP contribution in [0.5, 0.6) is 11.6 Å². The van der Waals surface area contributed by atoms with Crippen LogP contribution in [-0.2, 0) is 0 Å². The van der Waals surface area contributed by atoms with Crippen molar-refractivity contribution in [3.63, 3.8) is 0 Å². The van der Waals surface area contributed by atoms with Crippen LogP contribution < -0.4 is 25.4 Å². The molecule has 2 atom stereocenters. The lowest BCUT2D eigenvalue weighted by atomic mass is 10.00. The predicted molar refractivity (Wildman–Crippen MR) is 138 cm³/mol. The number of ether oxygens (including phenoxy) is 2. The highest BCUT2D eigenvalue weighted by Gasteiger charge is 2.24. The standard InChI is InChI=1S/C25H24FN9O4/c1-14(30-25(36)37)21(15-4-6-18(38-2)7-5-15)32-23-19(26)10-16(12-27)22(33-23)31-17-11-20(24(39-3)28-13-17)35-9-8-29-34-35/h4-11,13-14,21,30H,1-3H3,(H,36,37)(H2,31,32,33)/t14-,21+/m0/s1. The summed E-state index contributed by atoms with van der Waals surface area (Å²) in [6.07, 6.45) is 3.31.